The highest BCUT2D eigenvalue weighted by molar-refractivity contribution is 5.94. The summed E-state index contributed by atoms with van der Waals surface area (Å²) in [6, 6.07) is 8.30. The number of aryl methyl sites for hydroxylation is 1. The lowest BCUT2D eigenvalue weighted by molar-refractivity contribution is 0.417. The van der Waals surface area contributed by atoms with Gasteiger partial charge in [-0.2, -0.15) is 0 Å². The van der Waals surface area contributed by atoms with E-state index in [4.69, 9.17) is 10.5 Å². The second-order valence-electron chi connectivity index (χ2n) is 4.92. The largest absolute Gasteiger partial charge is 0.495 e. The van der Waals surface area contributed by atoms with E-state index in [1.54, 1.807) is 38.3 Å². The van der Waals surface area contributed by atoms with Crippen LogP contribution >= 0.6 is 0 Å². The maximum atomic E-state index is 13.3. The summed E-state index contributed by atoms with van der Waals surface area (Å²) in [6.45, 7) is 1.71. The van der Waals surface area contributed by atoms with Crippen LogP contribution < -0.4 is 15.8 Å². The fourth-order valence-corrected chi connectivity index (χ4v) is 2.24. The predicted molar refractivity (Wildman–Crippen MR) is 84.9 cm³/mol. The van der Waals surface area contributed by atoms with Crippen LogP contribution in [-0.2, 0) is 0 Å². The average molecular weight is 298 g/mol. The van der Waals surface area contributed by atoms with Crippen molar-refractivity contribution in [3.05, 3.63) is 48.0 Å². The normalized spacial score (nSPS) is 10.7. The van der Waals surface area contributed by atoms with E-state index in [9.17, 15) is 4.39 Å². The van der Waals surface area contributed by atoms with E-state index in [-0.39, 0.29) is 5.82 Å². The van der Waals surface area contributed by atoms with E-state index in [1.807, 2.05) is 0 Å². The number of nitrogens with two attached hydrogens (primary N) is 1. The van der Waals surface area contributed by atoms with Crippen molar-refractivity contribution >= 4 is 28.1 Å². The van der Waals surface area contributed by atoms with Crippen molar-refractivity contribution in [1.82, 2.24) is 9.97 Å². The Morgan fingerprint density at radius 2 is 2.00 bits per heavy atom. The molecule has 0 saturated heterocycles. The molecule has 0 saturated carbocycles. The predicted octanol–water partition coefficient (Wildman–Crippen LogP) is 3.41. The van der Waals surface area contributed by atoms with Gasteiger partial charge in [0.05, 0.1) is 18.3 Å². The number of hydrogen-bond acceptors (Lipinski definition) is 5. The van der Waals surface area contributed by atoms with E-state index in [2.05, 4.69) is 15.3 Å². The first-order valence-corrected chi connectivity index (χ1v) is 6.70. The molecule has 0 fully saturated rings. The molecule has 0 bridgehead atoms. The maximum Gasteiger partial charge on any atom is 0.143 e. The number of anilines is 3. The Bertz CT molecular complexity index is 851. The Morgan fingerprint density at radius 1 is 1.18 bits per heavy atom. The zero-order chi connectivity index (χ0) is 15.7. The summed E-state index contributed by atoms with van der Waals surface area (Å²) < 4.78 is 18.5. The molecule has 3 rings (SSSR count). The Balaban J connectivity index is 2.06. The molecule has 1 aromatic heterocycles. The molecule has 0 aliphatic rings. The van der Waals surface area contributed by atoms with Crippen LogP contribution in [0.25, 0.3) is 10.9 Å². The molecule has 112 valence electrons. The SMILES string of the molecule is COc1cc2ncnc(Nc3ccc(F)c(C)c3)c2cc1N. The molecule has 0 atom stereocenters. The topological polar surface area (TPSA) is 73.1 Å². The first-order chi connectivity index (χ1) is 10.6. The van der Waals surface area contributed by atoms with E-state index in [1.165, 1.54) is 12.4 Å². The zero-order valence-corrected chi connectivity index (χ0v) is 12.2. The lowest BCUT2D eigenvalue weighted by Crippen LogP contribution is -1.99. The number of rotatable bonds is 3. The fraction of sp³-hybridized carbons (Fsp3) is 0.125. The van der Waals surface area contributed by atoms with E-state index < -0.39 is 0 Å². The van der Waals surface area contributed by atoms with E-state index in [0.29, 0.717) is 28.3 Å². The van der Waals surface area contributed by atoms with Gasteiger partial charge in [0.1, 0.15) is 23.7 Å². The second-order valence-corrected chi connectivity index (χ2v) is 4.92. The number of fused-ring (bicyclic) bond motifs is 1. The Kier molecular flexibility index (Phi) is 3.50. The van der Waals surface area contributed by atoms with Crippen LogP contribution in [0.3, 0.4) is 0 Å². The molecule has 0 amide bonds. The minimum atomic E-state index is -0.243. The van der Waals surface area contributed by atoms with Gasteiger partial charge >= 0.3 is 0 Å². The molecule has 2 aromatic carbocycles. The number of aromatic nitrogens is 2. The van der Waals surface area contributed by atoms with Crippen LogP contribution in [-0.4, -0.2) is 17.1 Å². The summed E-state index contributed by atoms with van der Waals surface area (Å²) in [5, 5.41) is 3.93. The minimum absolute atomic E-state index is 0.243. The number of halogens is 1. The van der Waals surface area contributed by atoms with Crippen molar-refractivity contribution < 1.29 is 9.13 Å². The van der Waals surface area contributed by atoms with Gasteiger partial charge in [0.15, 0.2) is 0 Å². The first kappa shape index (κ1) is 14.1. The van der Waals surface area contributed by atoms with Crippen molar-refractivity contribution in [2.75, 3.05) is 18.2 Å². The van der Waals surface area contributed by atoms with Gasteiger partial charge in [-0.15, -0.1) is 0 Å². The van der Waals surface area contributed by atoms with Gasteiger partial charge in [0, 0.05) is 17.1 Å². The van der Waals surface area contributed by atoms with Crippen LogP contribution in [0.4, 0.5) is 21.6 Å². The molecule has 0 radical (unpaired) electrons. The minimum Gasteiger partial charge on any atom is -0.495 e. The van der Waals surface area contributed by atoms with Crippen LogP contribution in [0.1, 0.15) is 5.56 Å². The summed E-state index contributed by atoms with van der Waals surface area (Å²) in [7, 11) is 1.55. The maximum absolute atomic E-state index is 13.3. The van der Waals surface area contributed by atoms with Crippen LogP contribution in [0, 0.1) is 12.7 Å². The molecule has 1 heterocycles. The van der Waals surface area contributed by atoms with Gasteiger partial charge < -0.3 is 15.8 Å². The van der Waals surface area contributed by atoms with Crippen LogP contribution in [0.15, 0.2) is 36.7 Å². The Labute approximate surface area is 127 Å². The third-order valence-corrected chi connectivity index (χ3v) is 3.41. The van der Waals surface area contributed by atoms with E-state index in [0.717, 1.165) is 11.1 Å². The summed E-state index contributed by atoms with van der Waals surface area (Å²) in [6.07, 6.45) is 1.46. The zero-order valence-electron chi connectivity index (χ0n) is 12.2. The number of nitrogen functional groups attached to an aromatic ring is 1. The smallest absolute Gasteiger partial charge is 0.143 e. The molecule has 3 N–H and O–H groups in total. The molecule has 3 aromatic rings. The van der Waals surface area contributed by atoms with Crippen LogP contribution in [0.2, 0.25) is 0 Å². The molecule has 0 unspecified atom stereocenters. The van der Waals surface area contributed by atoms with Gasteiger partial charge in [0.2, 0.25) is 0 Å². The summed E-state index contributed by atoms with van der Waals surface area (Å²) in [4.78, 5) is 8.46. The lowest BCUT2D eigenvalue weighted by Gasteiger charge is -2.11. The first-order valence-electron chi connectivity index (χ1n) is 6.70. The van der Waals surface area contributed by atoms with Crippen molar-refractivity contribution in [3.8, 4) is 5.75 Å². The number of hydrogen-bond donors (Lipinski definition) is 2. The summed E-state index contributed by atoms with van der Waals surface area (Å²) in [5.74, 6) is 0.923. The molecule has 6 heteroatoms. The van der Waals surface area contributed by atoms with Crippen molar-refractivity contribution in [3.63, 3.8) is 0 Å². The van der Waals surface area contributed by atoms with Gasteiger partial charge in [-0.3, -0.25) is 0 Å². The summed E-state index contributed by atoms with van der Waals surface area (Å²) >= 11 is 0. The third-order valence-electron chi connectivity index (χ3n) is 3.41. The highest BCUT2D eigenvalue weighted by Gasteiger charge is 2.09. The Hall–Kier alpha value is -2.89. The number of nitrogens with zero attached hydrogens (tertiary/aromatic N) is 2. The molecular weight excluding hydrogens is 283 g/mol. The number of ether oxygens (including phenoxy) is 1. The van der Waals surface area contributed by atoms with Gasteiger partial charge in [-0.25, -0.2) is 14.4 Å². The molecule has 5 nitrogen and oxygen atoms in total. The van der Waals surface area contributed by atoms with Gasteiger partial charge in [-0.05, 0) is 36.8 Å². The molecule has 0 spiro atoms. The quantitative estimate of drug-likeness (QED) is 0.725. The average Bonchev–Trinajstić information content (AvgIpc) is 2.51. The van der Waals surface area contributed by atoms with Crippen molar-refractivity contribution in [1.29, 1.82) is 0 Å². The van der Waals surface area contributed by atoms with E-state index >= 15 is 0 Å². The second kappa shape index (κ2) is 5.48. The number of methoxy groups -OCH3 is 1. The lowest BCUT2D eigenvalue weighted by atomic mass is 10.1. The molecule has 0 aliphatic heterocycles. The number of benzene rings is 2. The molecule has 22 heavy (non-hydrogen) atoms. The molecule has 0 aliphatic carbocycles. The number of nitrogens with one attached hydrogen (secondary N) is 1. The standard InChI is InChI=1S/C16H15FN4O/c1-9-5-10(3-4-12(9)17)21-16-11-6-13(18)15(22-2)7-14(11)19-8-20-16/h3-8H,18H2,1-2H3,(H,19,20,21). The van der Waals surface area contributed by atoms with Crippen LogP contribution in [0.5, 0.6) is 5.75 Å². The third kappa shape index (κ3) is 2.50. The monoisotopic (exact) mass is 298 g/mol. The fourth-order valence-electron chi connectivity index (χ4n) is 2.24. The molecular formula is C16H15FN4O. The Morgan fingerprint density at radius 3 is 2.73 bits per heavy atom. The highest BCUT2D eigenvalue weighted by atomic mass is 19.1. The van der Waals surface area contributed by atoms with Gasteiger partial charge in [-0.1, -0.05) is 0 Å². The van der Waals surface area contributed by atoms with Crippen molar-refractivity contribution in [2.24, 2.45) is 0 Å². The highest BCUT2D eigenvalue weighted by Crippen LogP contribution is 2.31. The van der Waals surface area contributed by atoms with Crippen molar-refractivity contribution in [2.45, 2.75) is 6.92 Å². The van der Waals surface area contributed by atoms with Gasteiger partial charge in [0.25, 0.3) is 0 Å². The summed E-state index contributed by atoms with van der Waals surface area (Å²) in [5.41, 5.74) is 8.46.